The number of para-hydroxylation sites is 1. The van der Waals surface area contributed by atoms with Crippen LogP contribution in [-0.4, -0.2) is 30.8 Å². The lowest BCUT2D eigenvalue weighted by Gasteiger charge is -2.11. The number of rotatable bonds is 4. The number of carboxylic acid groups (broad SMARTS) is 1. The second kappa shape index (κ2) is 5.92. The van der Waals surface area contributed by atoms with Gasteiger partial charge in [-0.05, 0) is 31.2 Å². The third-order valence-electron chi connectivity index (χ3n) is 3.54. The molecule has 1 heterocycles. The van der Waals surface area contributed by atoms with Crippen molar-refractivity contribution in [2.45, 2.75) is 6.92 Å². The summed E-state index contributed by atoms with van der Waals surface area (Å²) < 4.78 is 1.62. The fourth-order valence-corrected chi connectivity index (χ4v) is 2.42. The molecule has 0 saturated heterocycles. The molecule has 1 N–H and O–H groups in total. The van der Waals surface area contributed by atoms with E-state index in [1.54, 1.807) is 41.8 Å². The molecule has 8 heteroatoms. The molecule has 0 aliphatic rings. The molecule has 3 rings (SSSR count). The predicted octanol–water partition coefficient (Wildman–Crippen LogP) is 2.85. The van der Waals surface area contributed by atoms with Crippen LogP contribution in [0.2, 0.25) is 0 Å². The number of nitrogens with zero attached hydrogens (tertiary/aromatic N) is 4. The lowest BCUT2D eigenvalue weighted by Crippen LogP contribution is -2.07. The SMILES string of the molecule is Cc1nnc(-c2ccc([N+](=O)[O-])cc2)n1-c1ccccc1C(=O)O. The van der Waals surface area contributed by atoms with Crippen LogP contribution in [0.1, 0.15) is 16.2 Å². The number of aryl methyl sites for hydroxylation is 1. The van der Waals surface area contributed by atoms with Crippen molar-refractivity contribution in [3.8, 4) is 17.1 Å². The summed E-state index contributed by atoms with van der Waals surface area (Å²) in [5, 5.41) is 28.3. The minimum Gasteiger partial charge on any atom is -0.478 e. The van der Waals surface area contributed by atoms with E-state index in [4.69, 9.17) is 0 Å². The van der Waals surface area contributed by atoms with Gasteiger partial charge in [-0.25, -0.2) is 4.79 Å². The van der Waals surface area contributed by atoms with Crippen molar-refractivity contribution in [1.29, 1.82) is 0 Å². The Bertz CT molecular complexity index is 932. The first-order valence-corrected chi connectivity index (χ1v) is 6.98. The van der Waals surface area contributed by atoms with Crippen LogP contribution in [0.5, 0.6) is 0 Å². The molecule has 3 aromatic rings. The van der Waals surface area contributed by atoms with Crippen LogP contribution in [0.3, 0.4) is 0 Å². The highest BCUT2D eigenvalue weighted by Crippen LogP contribution is 2.26. The third-order valence-corrected chi connectivity index (χ3v) is 3.54. The summed E-state index contributed by atoms with van der Waals surface area (Å²) in [7, 11) is 0. The van der Waals surface area contributed by atoms with Gasteiger partial charge in [0.25, 0.3) is 5.69 Å². The van der Waals surface area contributed by atoms with Gasteiger partial charge in [0.05, 0.1) is 16.2 Å². The summed E-state index contributed by atoms with van der Waals surface area (Å²) in [4.78, 5) is 21.7. The smallest absolute Gasteiger partial charge is 0.337 e. The fraction of sp³-hybridized carbons (Fsp3) is 0.0625. The molecule has 1 aromatic heterocycles. The monoisotopic (exact) mass is 324 g/mol. The van der Waals surface area contributed by atoms with E-state index in [1.165, 1.54) is 18.2 Å². The van der Waals surface area contributed by atoms with Gasteiger partial charge in [0.1, 0.15) is 5.82 Å². The van der Waals surface area contributed by atoms with Gasteiger partial charge in [-0.1, -0.05) is 12.1 Å². The number of benzene rings is 2. The quantitative estimate of drug-likeness (QED) is 0.583. The van der Waals surface area contributed by atoms with Crippen LogP contribution in [-0.2, 0) is 0 Å². The minimum absolute atomic E-state index is 0.0347. The van der Waals surface area contributed by atoms with E-state index in [-0.39, 0.29) is 11.3 Å². The maximum absolute atomic E-state index is 11.5. The highest BCUT2D eigenvalue weighted by atomic mass is 16.6. The van der Waals surface area contributed by atoms with Crippen LogP contribution in [0.4, 0.5) is 5.69 Å². The predicted molar refractivity (Wildman–Crippen MR) is 85.1 cm³/mol. The van der Waals surface area contributed by atoms with Gasteiger partial charge in [0.2, 0.25) is 0 Å². The summed E-state index contributed by atoms with van der Waals surface area (Å²) >= 11 is 0. The Morgan fingerprint density at radius 2 is 1.79 bits per heavy atom. The molecule has 120 valence electrons. The van der Waals surface area contributed by atoms with Crippen molar-refractivity contribution in [1.82, 2.24) is 14.8 Å². The molecule has 0 radical (unpaired) electrons. The number of aromatic nitrogens is 3. The topological polar surface area (TPSA) is 111 Å². The third kappa shape index (κ3) is 2.60. The molecule has 0 atom stereocenters. The average Bonchev–Trinajstić information content (AvgIpc) is 2.96. The molecule has 0 fully saturated rings. The molecular formula is C16H12N4O4. The van der Waals surface area contributed by atoms with E-state index in [0.29, 0.717) is 22.9 Å². The Morgan fingerprint density at radius 1 is 1.12 bits per heavy atom. The number of non-ortho nitro benzene ring substituents is 1. The highest BCUT2D eigenvalue weighted by Gasteiger charge is 2.18. The summed E-state index contributed by atoms with van der Waals surface area (Å²) in [6, 6.07) is 12.4. The normalized spacial score (nSPS) is 10.5. The zero-order valence-corrected chi connectivity index (χ0v) is 12.6. The van der Waals surface area contributed by atoms with E-state index in [2.05, 4.69) is 10.2 Å². The molecular weight excluding hydrogens is 312 g/mol. The zero-order valence-electron chi connectivity index (χ0n) is 12.6. The number of nitro groups is 1. The molecule has 0 spiro atoms. The van der Waals surface area contributed by atoms with Crippen molar-refractivity contribution in [2.75, 3.05) is 0 Å². The Morgan fingerprint density at radius 3 is 2.42 bits per heavy atom. The van der Waals surface area contributed by atoms with Gasteiger partial charge < -0.3 is 5.11 Å². The molecule has 24 heavy (non-hydrogen) atoms. The zero-order chi connectivity index (χ0) is 17.3. The molecule has 0 aliphatic carbocycles. The van der Waals surface area contributed by atoms with E-state index in [0.717, 1.165) is 0 Å². The lowest BCUT2D eigenvalue weighted by molar-refractivity contribution is -0.384. The summed E-state index contributed by atoms with van der Waals surface area (Å²) in [6.45, 7) is 1.71. The van der Waals surface area contributed by atoms with E-state index in [9.17, 15) is 20.0 Å². The van der Waals surface area contributed by atoms with E-state index < -0.39 is 10.9 Å². The van der Waals surface area contributed by atoms with Crippen LogP contribution in [0, 0.1) is 17.0 Å². The molecule has 8 nitrogen and oxygen atoms in total. The summed E-state index contributed by atoms with van der Waals surface area (Å²) in [6.07, 6.45) is 0. The standard InChI is InChI=1S/C16H12N4O4/c1-10-17-18-15(11-6-8-12(9-7-11)20(23)24)19(10)14-5-3-2-4-13(14)16(21)22/h2-9H,1H3,(H,21,22). The van der Waals surface area contributed by atoms with E-state index in [1.807, 2.05) is 0 Å². The number of carboxylic acids is 1. The van der Waals surface area contributed by atoms with Gasteiger partial charge in [-0.2, -0.15) is 0 Å². The fourth-order valence-electron chi connectivity index (χ4n) is 2.42. The second-order valence-corrected chi connectivity index (χ2v) is 5.03. The van der Waals surface area contributed by atoms with Crippen LogP contribution in [0.15, 0.2) is 48.5 Å². The first-order valence-electron chi connectivity index (χ1n) is 6.98. The Kier molecular flexibility index (Phi) is 3.78. The summed E-state index contributed by atoms with van der Waals surface area (Å²) in [5.74, 6) is -0.137. The number of carbonyl (C=O) groups is 1. The Labute approximate surface area is 136 Å². The molecule has 0 amide bonds. The van der Waals surface area contributed by atoms with Gasteiger partial charge in [-0.3, -0.25) is 14.7 Å². The van der Waals surface area contributed by atoms with Gasteiger partial charge >= 0.3 is 5.97 Å². The van der Waals surface area contributed by atoms with Gasteiger partial charge in [-0.15, -0.1) is 10.2 Å². The number of hydrogen-bond donors (Lipinski definition) is 1. The number of hydrogen-bond acceptors (Lipinski definition) is 5. The lowest BCUT2D eigenvalue weighted by atomic mass is 10.1. The van der Waals surface area contributed by atoms with Crippen LogP contribution < -0.4 is 0 Å². The van der Waals surface area contributed by atoms with Crippen molar-refractivity contribution in [3.63, 3.8) is 0 Å². The van der Waals surface area contributed by atoms with Gasteiger partial charge in [0, 0.05) is 17.7 Å². The van der Waals surface area contributed by atoms with Crippen LogP contribution in [0.25, 0.3) is 17.1 Å². The Hall–Kier alpha value is -3.55. The minimum atomic E-state index is -1.06. The number of aromatic carboxylic acids is 1. The largest absolute Gasteiger partial charge is 0.478 e. The highest BCUT2D eigenvalue weighted by molar-refractivity contribution is 5.92. The van der Waals surface area contributed by atoms with Gasteiger partial charge in [0.15, 0.2) is 5.82 Å². The second-order valence-electron chi connectivity index (χ2n) is 5.03. The Balaban J connectivity index is 2.17. The van der Waals surface area contributed by atoms with Crippen molar-refractivity contribution in [3.05, 3.63) is 70.0 Å². The van der Waals surface area contributed by atoms with Crippen molar-refractivity contribution < 1.29 is 14.8 Å². The maximum Gasteiger partial charge on any atom is 0.337 e. The van der Waals surface area contributed by atoms with Crippen LogP contribution >= 0.6 is 0 Å². The summed E-state index contributed by atoms with van der Waals surface area (Å²) in [5.41, 5.74) is 1.11. The van der Waals surface area contributed by atoms with E-state index >= 15 is 0 Å². The first-order chi connectivity index (χ1) is 11.5. The maximum atomic E-state index is 11.5. The molecule has 0 bridgehead atoms. The van der Waals surface area contributed by atoms with Crippen molar-refractivity contribution in [2.24, 2.45) is 0 Å². The molecule has 0 saturated carbocycles. The molecule has 2 aromatic carbocycles. The average molecular weight is 324 g/mol. The molecule has 0 unspecified atom stereocenters. The number of nitro benzene ring substituents is 1. The van der Waals surface area contributed by atoms with Crippen molar-refractivity contribution >= 4 is 11.7 Å². The first kappa shape index (κ1) is 15.3. The molecule has 0 aliphatic heterocycles.